The van der Waals surface area contributed by atoms with Crippen molar-refractivity contribution in [2.24, 2.45) is 0 Å². The Labute approximate surface area is 120 Å². The van der Waals surface area contributed by atoms with E-state index in [0.29, 0.717) is 6.04 Å². The third-order valence-corrected chi connectivity index (χ3v) is 3.17. The van der Waals surface area contributed by atoms with E-state index in [0.717, 1.165) is 42.2 Å². The summed E-state index contributed by atoms with van der Waals surface area (Å²) in [7, 11) is 1.69. The Kier molecular flexibility index (Phi) is 5.18. The summed E-state index contributed by atoms with van der Waals surface area (Å²) in [6.07, 6.45) is 3.91. The normalized spacial score (nSPS) is 11.0. The minimum absolute atomic E-state index is 0.538. The highest BCUT2D eigenvalue weighted by atomic mass is 16.5. The lowest BCUT2D eigenvalue weighted by Crippen LogP contribution is -2.24. The number of ether oxygens (including phenoxy) is 1. The van der Waals surface area contributed by atoms with E-state index in [1.165, 1.54) is 0 Å². The largest absolute Gasteiger partial charge is 0.496 e. The first-order chi connectivity index (χ1) is 9.70. The van der Waals surface area contributed by atoms with E-state index < -0.39 is 0 Å². The standard InChI is InChI=1S/C16H23N3O/c1-12(2)17-10-6-9-16-18-11-14(19-16)13-7-4-5-8-15(13)20-3/h4-5,7-8,11-12,17H,6,9-10H2,1-3H3,(H,18,19). The van der Waals surface area contributed by atoms with E-state index in [9.17, 15) is 0 Å². The second-order valence-electron chi connectivity index (χ2n) is 5.16. The summed E-state index contributed by atoms with van der Waals surface area (Å²) in [6, 6.07) is 8.51. The van der Waals surface area contributed by atoms with E-state index in [2.05, 4.69) is 29.1 Å². The maximum atomic E-state index is 5.38. The molecule has 0 saturated heterocycles. The molecule has 4 nitrogen and oxygen atoms in total. The number of benzene rings is 1. The fraction of sp³-hybridized carbons (Fsp3) is 0.438. The highest BCUT2D eigenvalue weighted by Gasteiger charge is 2.08. The minimum Gasteiger partial charge on any atom is -0.496 e. The van der Waals surface area contributed by atoms with Crippen molar-refractivity contribution < 1.29 is 4.74 Å². The number of hydrogen-bond donors (Lipinski definition) is 2. The lowest BCUT2D eigenvalue weighted by atomic mass is 10.1. The van der Waals surface area contributed by atoms with E-state index in [4.69, 9.17) is 4.74 Å². The van der Waals surface area contributed by atoms with Gasteiger partial charge in [0.15, 0.2) is 0 Å². The van der Waals surface area contributed by atoms with Gasteiger partial charge in [-0.05, 0) is 25.1 Å². The Morgan fingerprint density at radius 1 is 1.30 bits per heavy atom. The van der Waals surface area contributed by atoms with Crippen LogP contribution in [0.2, 0.25) is 0 Å². The second kappa shape index (κ2) is 7.10. The number of para-hydroxylation sites is 1. The molecule has 20 heavy (non-hydrogen) atoms. The molecule has 0 atom stereocenters. The SMILES string of the molecule is COc1ccccc1-c1cnc(CCCNC(C)C)[nH]1. The molecular weight excluding hydrogens is 250 g/mol. The van der Waals surface area contributed by atoms with Crippen LogP contribution < -0.4 is 10.1 Å². The molecule has 1 aromatic heterocycles. The van der Waals surface area contributed by atoms with Crippen LogP contribution in [0, 0.1) is 0 Å². The monoisotopic (exact) mass is 273 g/mol. The van der Waals surface area contributed by atoms with Gasteiger partial charge in [-0.2, -0.15) is 0 Å². The molecular formula is C16H23N3O. The minimum atomic E-state index is 0.538. The zero-order valence-corrected chi connectivity index (χ0v) is 12.4. The Morgan fingerprint density at radius 3 is 2.85 bits per heavy atom. The van der Waals surface area contributed by atoms with Gasteiger partial charge in [0.05, 0.1) is 19.0 Å². The molecule has 4 heteroatoms. The summed E-state index contributed by atoms with van der Waals surface area (Å²) >= 11 is 0. The molecule has 0 saturated carbocycles. The number of aryl methyl sites for hydroxylation is 1. The van der Waals surface area contributed by atoms with Gasteiger partial charge in [-0.25, -0.2) is 4.98 Å². The van der Waals surface area contributed by atoms with Gasteiger partial charge < -0.3 is 15.0 Å². The quantitative estimate of drug-likeness (QED) is 0.762. The molecule has 2 N–H and O–H groups in total. The van der Waals surface area contributed by atoms with Gasteiger partial charge >= 0.3 is 0 Å². The summed E-state index contributed by atoms with van der Waals surface area (Å²) < 4.78 is 5.38. The summed E-state index contributed by atoms with van der Waals surface area (Å²) in [5.74, 6) is 1.89. The van der Waals surface area contributed by atoms with Gasteiger partial charge in [0.2, 0.25) is 0 Å². The van der Waals surface area contributed by atoms with Gasteiger partial charge in [-0.15, -0.1) is 0 Å². The van der Waals surface area contributed by atoms with Crippen LogP contribution in [0.5, 0.6) is 5.75 Å². The third-order valence-electron chi connectivity index (χ3n) is 3.17. The number of rotatable bonds is 7. The van der Waals surface area contributed by atoms with Crippen molar-refractivity contribution >= 4 is 0 Å². The molecule has 0 radical (unpaired) electrons. The zero-order valence-electron chi connectivity index (χ0n) is 12.4. The van der Waals surface area contributed by atoms with E-state index >= 15 is 0 Å². The number of aromatic nitrogens is 2. The van der Waals surface area contributed by atoms with Crippen molar-refractivity contribution in [3.63, 3.8) is 0 Å². The van der Waals surface area contributed by atoms with E-state index in [1.54, 1.807) is 7.11 Å². The van der Waals surface area contributed by atoms with Crippen LogP contribution in [-0.4, -0.2) is 29.7 Å². The van der Waals surface area contributed by atoms with Crippen molar-refractivity contribution in [1.29, 1.82) is 0 Å². The van der Waals surface area contributed by atoms with Gasteiger partial charge in [0, 0.05) is 18.0 Å². The summed E-state index contributed by atoms with van der Waals surface area (Å²) in [5.41, 5.74) is 2.06. The Balaban J connectivity index is 1.98. The van der Waals surface area contributed by atoms with Crippen molar-refractivity contribution in [2.45, 2.75) is 32.7 Å². The highest BCUT2D eigenvalue weighted by Crippen LogP contribution is 2.27. The first kappa shape index (κ1) is 14.6. The molecule has 0 aliphatic heterocycles. The lowest BCUT2D eigenvalue weighted by molar-refractivity contribution is 0.416. The van der Waals surface area contributed by atoms with E-state index in [-0.39, 0.29) is 0 Å². The Hall–Kier alpha value is -1.81. The Bertz CT molecular complexity index is 534. The van der Waals surface area contributed by atoms with Crippen molar-refractivity contribution in [3.8, 4) is 17.0 Å². The molecule has 0 spiro atoms. The van der Waals surface area contributed by atoms with E-state index in [1.807, 2.05) is 30.5 Å². The molecule has 1 heterocycles. The topological polar surface area (TPSA) is 49.9 Å². The van der Waals surface area contributed by atoms with Gasteiger partial charge in [0.1, 0.15) is 11.6 Å². The molecule has 2 aromatic rings. The maximum Gasteiger partial charge on any atom is 0.128 e. The smallest absolute Gasteiger partial charge is 0.128 e. The zero-order chi connectivity index (χ0) is 14.4. The average Bonchev–Trinajstić information content (AvgIpc) is 2.92. The molecule has 2 rings (SSSR count). The van der Waals surface area contributed by atoms with Crippen molar-refractivity contribution in [3.05, 3.63) is 36.3 Å². The maximum absolute atomic E-state index is 5.38. The van der Waals surface area contributed by atoms with Gasteiger partial charge in [-0.1, -0.05) is 26.0 Å². The summed E-state index contributed by atoms with van der Waals surface area (Å²) in [6.45, 7) is 5.34. The number of hydrogen-bond acceptors (Lipinski definition) is 3. The number of H-pyrrole nitrogens is 1. The predicted octanol–water partition coefficient (Wildman–Crippen LogP) is 3.02. The first-order valence-corrected chi connectivity index (χ1v) is 7.11. The van der Waals surface area contributed by atoms with Crippen molar-refractivity contribution in [2.75, 3.05) is 13.7 Å². The molecule has 0 bridgehead atoms. The predicted molar refractivity (Wildman–Crippen MR) is 82.0 cm³/mol. The molecule has 0 fully saturated rings. The number of nitrogens with one attached hydrogen (secondary N) is 2. The number of imidazole rings is 1. The van der Waals surface area contributed by atoms with Crippen LogP contribution in [0.4, 0.5) is 0 Å². The van der Waals surface area contributed by atoms with Gasteiger partial charge in [0.25, 0.3) is 0 Å². The first-order valence-electron chi connectivity index (χ1n) is 7.11. The second-order valence-corrected chi connectivity index (χ2v) is 5.16. The number of aromatic amines is 1. The molecule has 0 amide bonds. The van der Waals surface area contributed by atoms with Crippen LogP contribution in [0.25, 0.3) is 11.3 Å². The number of nitrogens with zero attached hydrogens (tertiary/aromatic N) is 1. The Morgan fingerprint density at radius 2 is 2.10 bits per heavy atom. The van der Waals surface area contributed by atoms with Crippen LogP contribution in [-0.2, 0) is 6.42 Å². The van der Waals surface area contributed by atoms with Crippen LogP contribution in [0.15, 0.2) is 30.5 Å². The third kappa shape index (κ3) is 3.84. The summed E-state index contributed by atoms with van der Waals surface area (Å²) in [4.78, 5) is 7.82. The van der Waals surface area contributed by atoms with Gasteiger partial charge in [-0.3, -0.25) is 0 Å². The van der Waals surface area contributed by atoms with Crippen LogP contribution in [0.1, 0.15) is 26.1 Å². The summed E-state index contributed by atoms with van der Waals surface area (Å²) in [5, 5.41) is 3.41. The van der Waals surface area contributed by atoms with Crippen molar-refractivity contribution in [1.82, 2.24) is 15.3 Å². The molecule has 1 aromatic carbocycles. The molecule has 0 aliphatic rings. The molecule has 108 valence electrons. The van der Waals surface area contributed by atoms with Crippen LogP contribution in [0.3, 0.4) is 0 Å². The van der Waals surface area contributed by atoms with Crippen LogP contribution >= 0.6 is 0 Å². The average molecular weight is 273 g/mol. The number of methoxy groups -OCH3 is 1. The highest BCUT2D eigenvalue weighted by molar-refractivity contribution is 5.66. The molecule has 0 aliphatic carbocycles. The fourth-order valence-corrected chi connectivity index (χ4v) is 2.14. The molecule has 0 unspecified atom stereocenters. The fourth-order valence-electron chi connectivity index (χ4n) is 2.14. The lowest BCUT2D eigenvalue weighted by Gasteiger charge is -2.07.